The fourth-order valence-electron chi connectivity index (χ4n) is 2.94. The first-order valence-corrected chi connectivity index (χ1v) is 7.55. The van der Waals surface area contributed by atoms with Gasteiger partial charge >= 0.3 is 0 Å². The lowest BCUT2D eigenvalue weighted by atomic mass is 9.74. The van der Waals surface area contributed by atoms with E-state index in [1.807, 2.05) is 6.92 Å². The van der Waals surface area contributed by atoms with Crippen molar-refractivity contribution in [3.63, 3.8) is 0 Å². The molecule has 2 unspecified atom stereocenters. The van der Waals surface area contributed by atoms with Gasteiger partial charge in [0, 0.05) is 5.54 Å². The third kappa shape index (κ3) is 3.11. The summed E-state index contributed by atoms with van der Waals surface area (Å²) >= 11 is 0. The van der Waals surface area contributed by atoms with Crippen LogP contribution in [-0.4, -0.2) is 15.7 Å². The van der Waals surface area contributed by atoms with Gasteiger partial charge in [-0.05, 0) is 31.9 Å². The molecule has 0 spiro atoms. The zero-order valence-corrected chi connectivity index (χ0v) is 12.6. The maximum atomic E-state index is 13.5. The molecule has 0 amide bonds. The molecular formula is C16H20FN3O2. The molecule has 6 heteroatoms. The Hall–Kier alpha value is -1.95. The highest BCUT2D eigenvalue weighted by Crippen LogP contribution is 2.38. The van der Waals surface area contributed by atoms with Gasteiger partial charge in [0.1, 0.15) is 0 Å². The molecule has 0 saturated heterocycles. The lowest BCUT2D eigenvalue weighted by molar-refractivity contribution is 0.221. The molecule has 2 aromatic rings. The van der Waals surface area contributed by atoms with Crippen LogP contribution in [0.2, 0.25) is 0 Å². The molecule has 1 aromatic heterocycles. The summed E-state index contributed by atoms with van der Waals surface area (Å²) in [4.78, 5) is 4.37. The summed E-state index contributed by atoms with van der Waals surface area (Å²) in [5.41, 5.74) is 6.01. The van der Waals surface area contributed by atoms with Gasteiger partial charge in [-0.1, -0.05) is 30.1 Å². The molecule has 1 aliphatic rings. The van der Waals surface area contributed by atoms with Crippen molar-refractivity contribution in [1.29, 1.82) is 0 Å². The van der Waals surface area contributed by atoms with E-state index in [0.29, 0.717) is 11.7 Å². The summed E-state index contributed by atoms with van der Waals surface area (Å²) in [5.74, 6) is 0.788. The number of nitrogens with two attached hydrogens (primary N) is 1. The van der Waals surface area contributed by atoms with Gasteiger partial charge in [-0.3, -0.25) is 0 Å². The van der Waals surface area contributed by atoms with Gasteiger partial charge in [0.2, 0.25) is 11.7 Å². The van der Waals surface area contributed by atoms with Crippen LogP contribution in [0.4, 0.5) is 4.39 Å². The van der Waals surface area contributed by atoms with E-state index in [-0.39, 0.29) is 23.8 Å². The quantitative estimate of drug-likeness (QED) is 0.939. The summed E-state index contributed by atoms with van der Waals surface area (Å²) in [6, 6.07) is 6.23. The summed E-state index contributed by atoms with van der Waals surface area (Å²) in [6.45, 7) is 2.09. The molecule has 2 atom stereocenters. The van der Waals surface area contributed by atoms with Gasteiger partial charge in [-0.25, -0.2) is 4.39 Å². The van der Waals surface area contributed by atoms with Crippen LogP contribution in [0.3, 0.4) is 0 Å². The van der Waals surface area contributed by atoms with E-state index in [0.717, 1.165) is 25.7 Å². The van der Waals surface area contributed by atoms with E-state index < -0.39 is 5.82 Å². The number of hydrogen-bond acceptors (Lipinski definition) is 5. The number of hydrogen-bond donors (Lipinski definition) is 1. The molecule has 1 heterocycles. The van der Waals surface area contributed by atoms with Crippen LogP contribution in [0.15, 0.2) is 28.8 Å². The Morgan fingerprint density at radius 2 is 2.23 bits per heavy atom. The van der Waals surface area contributed by atoms with Crippen LogP contribution in [0.1, 0.15) is 50.2 Å². The molecule has 1 aromatic carbocycles. The van der Waals surface area contributed by atoms with Crippen LogP contribution < -0.4 is 10.5 Å². The van der Waals surface area contributed by atoms with Gasteiger partial charge in [0.05, 0.1) is 5.92 Å². The summed E-state index contributed by atoms with van der Waals surface area (Å²) in [7, 11) is 0. The normalized spacial score (nSPS) is 25.1. The Labute approximate surface area is 128 Å². The Kier molecular flexibility index (Phi) is 4.11. The van der Waals surface area contributed by atoms with Crippen molar-refractivity contribution in [2.45, 2.75) is 50.7 Å². The predicted molar refractivity (Wildman–Crippen MR) is 78.8 cm³/mol. The fourth-order valence-corrected chi connectivity index (χ4v) is 2.94. The van der Waals surface area contributed by atoms with E-state index in [9.17, 15) is 4.39 Å². The van der Waals surface area contributed by atoms with Gasteiger partial charge in [-0.15, -0.1) is 0 Å². The van der Waals surface area contributed by atoms with E-state index in [2.05, 4.69) is 10.1 Å². The van der Waals surface area contributed by atoms with Crippen molar-refractivity contribution >= 4 is 0 Å². The van der Waals surface area contributed by atoms with Gasteiger partial charge in [-0.2, -0.15) is 4.98 Å². The number of benzene rings is 1. The molecule has 22 heavy (non-hydrogen) atoms. The maximum absolute atomic E-state index is 13.5. The molecule has 1 saturated carbocycles. The summed E-state index contributed by atoms with van der Waals surface area (Å²) < 4.78 is 24.2. The third-order valence-electron chi connectivity index (χ3n) is 4.23. The SMILES string of the molecule is CC1(N)CCCCC1c1nc(COc2ccccc2F)no1. The Balaban J connectivity index is 1.68. The molecular weight excluding hydrogens is 285 g/mol. The average Bonchev–Trinajstić information content (AvgIpc) is 2.94. The standard InChI is InChI=1S/C16H20FN3O2/c1-16(18)9-5-4-6-11(16)15-19-14(20-22-15)10-21-13-8-3-2-7-12(13)17/h2-3,7-8,11H,4-6,9-10,18H2,1H3. The van der Waals surface area contributed by atoms with E-state index in [1.54, 1.807) is 18.2 Å². The van der Waals surface area contributed by atoms with E-state index in [1.165, 1.54) is 6.07 Å². The molecule has 0 radical (unpaired) electrons. The largest absolute Gasteiger partial charge is 0.482 e. The first kappa shape index (κ1) is 15.0. The molecule has 0 bridgehead atoms. The van der Waals surface area contributed by atoms with Crippen molar-refractivity contribution in [2.75, 3.05) is 0 Å². The van der Waals surface area contributed by atoms with E-state index in [4.69, 9.17) is 15.0 Å². The number of rotatable bonds is 4. The number of para-hydroxylation sites is 1. The number of aromatic nitrogens is 2. The highest BCUT2D eigenvalue weighted by Gasteiger charge is 2.37. The van der Waals surface area contributed by atoms with Crippen molar-refractivity contribution < 1.29 is 13.7 Å². The minimum Gasteiger partial charge on any atom is -0.482 e. The second-order valence-corrected chi connectivity index (χ2v) is 6.07. The van der Waals surface area contributed by atoms with Crippen LogP contribution in [0.5, 0.6) is 5.75 Å². The highest BCUT2D eigenvalue weighted by atomic mass is 19.1. The molecule has 0 aliphatic heterocycles. The zero-order chi connectivity index (χ0) is 15.6. The fraction of sp³-hybridized carbons (Fsp3) is 0.500. The van der Waals surface area contributed by atoms with Gasteiger partial charge < -0.3 is 15.0 Å². The number of halogens is 1. The number of ether oxygens (including phenoxy) is 1. The third-order valence-corrected chi connectivity index (χ3v) is 4.23. The second kappa shape index (κ2) is 6.04. The smallest absolute Gasteiger partial charge is 0.231 e. The van der Waals surface area contributed by atoms with Gasteiger partial charge in [0.15, 0.2) is 18.2 Å². The predicted octanol–water partition coefficient (Wildman–Crippen LogP) is 3.16. The van der Waals surface area contributed by atoms with Crippen LogP contribution >= 0.6 is 0 Å². The molecule has 3 rings (SSSR count). The van der Waals surface area contributed by atoms with Crippen LogP contribution in [-0.2, 0) is 6.61 Å². The molecule has 118 valence electrons. The van der Waals surface area contributed by atoms with Crippen LogP contribution in [0, 0.1) is 5.82 Å². The first-order chi connectivity index (χ1) is 10.6. The lowest BCUT2D eigenvalue weighted by Crippen LogP contribution is -2.44. The molecule has 2 N–H and O–H groups in total. The van der Waals surface area contributed by atoms with Crippen molar-refractivity contribution in [1.82, 2.24) is 10.1 Å². The van der Waals surface area contributed by atoms with E-state index >= 15 is 0 Å². The minimum atomic E-state index is -0.409. The minimum absolute atomic E-state index is 0.0657. The average molecular weight is 305 g/mol. The highest BCUT2D eigenvalue weighted by molar-refractivity contribution is 5.23. The van der Waals surface area contributed by atoms with Crippen LogP contribution in [0.25, 0.3) is 0 Å². The molecule has 1 fully saturated rings. The number of nitrogens with zero attached hydrogens (tertiary/aromatic N) is 2. The lowest BCUT2D eigenvalue weighted by Gasteiger charge is -2.35. The van der Waals surface area contributed by atoms with Crippen molar-refractivity contribution in [2.24, 2.45) is 5.73 Å². The Morgan fingerprint density at radius 1 is 1.41 bits per heavy atom. The van der Waals surface area contributed by atoms with Crippen molar-refractivity contribution in [3.05, 3.63) is 41.8 Å². The first-order valence-electron chi connectivity index (χ1n) is 7.55. The van der Waals surface area contributed by atoms with Gasteiger partial charge in [0.25, 0.3) is 0 Å². The summed E-state index contributed by atoms with van der Waals surface area (Å²) in [5, 5.41) is 3.91. The molecule has 1 aliphatic carbocycles. The van der Waals surface area contributed by atoms with Crippen molar-refractivity contribution in [3.8, 4) is 5.75 Å². The second-order valence-electron chi connectivity index (χ2n) is 6.07. The maximum Gasteiger partial charge on any atom is 0.231 e. The monoisotopic (exact) mass is 305 g/mol. The zero-order valence-electron chi connectivity index (χ0n) is 12.6. The topological polar surface area (TPSA) is 74.2 Å². The summed E-state index contributed by atoms with van der Waals surface area (Å²) in [6.07, 6.45) is 4.13. The molecule has 5 nitrogen and oxygen atoms in total. The Morgan fingerprint density at radius 3 is 3.00 bits per heavy atom. The Bertz CT molecular complexity index is 642.